The largest absolute Gasteiger partial charge is 0.444 e. The lowest BCUT2D eigenvalue weighted by molar-refractivity contribution is 0.155. The second-order valence-corrected chi connectivity index (χ2v) is 4.74. The number of nitrogens with one attached hydrogen (secondary N) is 1. The van der Waals surface area contributed by atoms with Crippen molar-refractivity contribution in [3.05, 3.63) is 64.7 Å². The highest BCUT2D eigenvalue weighted by Gasteiger charge is 2.07. The molecule has 0 radical (unpaired) electrons. The monoisotopic (exact) mass is 300 g/mol. The third-order valence-corrected chi connectivity index (χ3v) is 3.08. The zero-order chi connectivity index (χ0) is 15.1. The van der Waals surface area contributed by atoms with Crippen LogP contribution in [0.4, 0.5) is 10.5 Å². The molecule has 21 heavy (non-hydrogen) atoms. The highest BCUT2D eigenvalue weighted by molar-refractivity contribution is 6.33. The fraction of sp³-hybridized carbons (Fsp3) is 0.125. The fourth-order valence-corrected chi connectivity index (χ4v) is 1.98. The van der Waals surface area contributed by atoms with Crippen molar-refractivity contribution in [3.63, 3.8) is 0 Å². The molecule has 5 heteroatoms. The van der Waals surface area contributed by atoms with Crippen LogP contribution in [-0.2, 0) is 17.8 Å². The van der Waals surface area contributed by atoms with Gasteiger partial charge >= 0.3 is 6.09 Å². The van der Waals surface area contributed by atoms with Crippen LogP contribution in [0, 0.1) is 11.3 Å². The van der Waals surface area contributed by atoms with Gasteiger partial charge in [0.25, 0.3) is 0 Å². The van der Waals surface area contributed by atoms with Crippen LogP contribution in [0.3, 0.4) is 0 Å². The minimum Gasteiger partial charge on any atom is -0.444 e. The number of anilines is 1. The van der Waals surface area contributed by atoms with Crippen molar-refractivity contribution in [2.75, 3.05) is 5.32 Å². The molecule has 1 amide bonds. The van der Waals surface area contributed by atoms with Gasteiger partial charge in [0.15, 0.2) is 0 Å². The molecule has 0 bridgehead atoms. The molecule has 0 aliphatic carbocycles. The van der Waals surface area contributed by atoms with Crippen molar-refractivity contribution >= 4 is 23.4 Å². The van der Waals surface area contributed by atoms with Gasteiger partial charge in [-0.15, -0.1) is 0 Å². The van der Waals surface area contributed by atoms with E-state index in [1.807, 2.05) is 36.4 Å². The Morgan fingerprint density at radius 3 is 2.62 bits per heavy atom. The number of hydrogen-bond acceptors (Lipinski definition) is 3. The van der Waals surface area contributed by atoms with Gasteiger partial charge in [0.1, 0.15) is 6.61 Å². The summed E-state index contributed by atoms with van der Waals surface area (Å²) < 4.78 is 5.10. The molecule has 106 valence electrons. The Hall–Kier alpha value is -2.51. The number of nitrogens with zero attached hydrogens (tertiary/aromatic N) is 1. The second-order valence-electron chi connectivity index (χ2n) is 4.34. The first kappa shape index (κ1) is 14.9. The number of hydrogen-bond donors (Lipinski definition) is 1. The molecule has 0 aliphatic heterocycles. The maximum atomic E-state index is 11.7. The Morgan fingerprint density at radius 2 is 1.95 bits per heavy atom. The minimum absolute atomic E-state index is 0.191. The van der Waals surface area contributed by atoms with Crippen molar-refractivity contribution in [2.45, 2.75) is 13.0 Å². The van der Waals surface area contributed by atoms with Gasteiger partial charge in [-0.2, -0.15) is 5.26 Å². The van der Waals surface area contributed by atoms with Crippen LogP contribution >= 0.6 is 11.6 Å². The molecule has 0 fully saturated rings. The lowest BCUT2D eigenvalue weighted by Crippen LogP contribution is -2.13. The predicted molar refractivity (Wildman–Crippen MR) is 81.0 cm³/mol. The first-order valence-corrected chi connectivity index (χ1v) is 6.70. The van der Waals surface area contributed by atoms with Gasteiger partial charge in [-0.1, -0.05) is 48.0 Å². The van der Waals surface area contributed by atoms with Crippen LogP contribution in [0.1, 0.15) is 11.1 Å². The van der Waals surface area contributed by atoms with E-state index in [0.29, 0.717) is 10.7 Å². The van der Waals surface area contributed by atoms with Crippen LogP contribution in [0.2, 0.25) is 5.02 Å². The first-order valence-electron chi connectivity index (χ1n) is 6.32. The third kappa shape index (κ3) is 4.51. The van der Waals surface area contributed by atoms with E-state index in [4.69, 9.17) is 21.6 Å². The van der Waals surface area contributed by atoms with E-state index < -0.39 is 6.09 Å². The smallest absolute Gasteiger partial charge is 0.412 e. The van der Waals surface area contributed by atoms with Crippen molar-refractivity contribution in [2.24, 2.45) is 0 Å². The maximum Gasteiger partial charge on any atom is 0.412 e. The molecule has 0 heterocycles. The number of benzene rings is 2. The quantitative estimate of drug-likeness (QED) is 0.922. The molecule has 0 aliphatic rings. The summed E-state index contributed by atoms with van der Waals surface area (Å²) >= 11 is 6.05. The number of carbonyl (C=O) groups is 1. The molecule has 4 nitrogen and oxygen atoms in total. The fourth-order valence-electron chi connectivity index (χ4n) is 1.73. The number of ether oxygens (including phenoxy) is 1. The van der Waals surface area contributed by atoms with E-state index in [9.17, 15) is 4.79 Å². The molecule has 0 spiro atoms. The lowest BCUT2D eigenvalue weighted by atomic mass is 10.1. The molecule has 0 aromatic heterocycles. The van der Waals surface area contributed by atoms with Crippen molar-refractivity contribution in [3.8, 4) is 6.07 Å². The predicted octanol–water partition coefficient (Wildman–Crippen LogP) is 4.15. The number of nitriles is 1. The van der Waals surface area contributed by atoms with E-state index in [1.54, 1.807) is 18.2 Å². The van der Waals surface area contributed by atoms with Crippen LogP contribution < -0.4 is 5.32 Å². The highest BCUT2D eigenvalue weighted by atomic mass is 35.5. The Bertz CT molecular complexity index is 666. The zero-order valence-corrected chi connectivity index (χ0v) is 11.9. The zero-order valence-electron chi connectivity index (χ0n) is 11.2. The van der Waals surface area contributed by atoms with E-state index in [0.717, 1.165) is 11.1 Å². The summed E-state index contributed by atoms with van der Waals surface area (Å²) in [5.74, 6) is 0. The van der Waals surface area contributed by atoms with E-state index in [2.05, 4.69) is 5.32 Å². The van der Waals surface area contributed by atoms with Crippen molar-refractivity contribution in [1.29, 1.82) is 5.26 Å². The van der Waals surface area contributed by atoms with E-state index in [1.165, 1.54) is 0 Å². The van der Waals surface area contributed by atoms with Gasteiger partial charge in [-0.3, -0.25) is 5.32 Å². The molecule has 1 N–H and O–H groups in total. The average Bonchev–Trinajstić information content (AvgIpc) is 2.49. The number of halogens is 1. The van der Waals surface area contributed by atoms with Gasteiger partial charge in [0, 0.05) is 0 Å². The van der Waals surface area contributed by atoms with Crippen LogP contribution in [0.25, 0.3) is 0 Å². The Kier molecular flexibility index (Phi) is 5.19. The SMILES string of the molecule is N#CCc1ccc(NC(=O)OCc2ccccc2)c(Cl)c1. The second kappa shape index (κ2) is 7.32. The highest BCUT2D eigenvalue weighted by Crippen LogP contribution is 2.23. The minimum atomic E-state index is -0.575. The molecule has 0 saturated carbocycles. The molecule has 0 saturated heterocycles. The molecular formula is C16H13ClN2O2. The summed E-state index contributed by atoms with van der Waals surface area (Å²) in [4.78, 5) is 11.7. The van der Waals surface area contributed by atoms with Crippen LogP contribution in [-0.4, -0.2) is 6.09 Å². The Balaban J connectivity index is 1.92. The lowest BCUT2D eigenvalue weighted by Gasteiger charge is -2.09. The molecule has 2 aromatic rings. The Morgan fingerprint density at radius 1 is 1.19 bits per heavy atom. The number of carbonyl (C=O) groups excluding carboxylic acids is 1. The first-order chi connectivity index (χ1) is 10.2. The summed E-state index contributed by atoms with van der Waals surface area (Å²) in [6, 6.07) is 16.5. The van der Waals surface area contributed by atoms with Crippen molar-refractivity contribution < 1.29 is 9.53 Å². The van der Waals surface area contributed by atoms with Crippen molar-refractivity contribution in [1.82, 2.24) is 0 Å². The summed E-state index contributed by atoms with van der Waals surface area (Å²) in [5, 5.41) is 11.6. The van der Waals surface area contributed by atoms with E-state index >= 15 is 0 Å². The maximum absolute atomic E-state index is 11.7. The van der Waals surface area contributed by atoms with Gasteiger partial charge in [0.2, 0.25) is 0 Å². The Labute approximate surface area is 127 Å². The summed E-state index contributed by atoms with van der Waals surface area (Å²) in [6.45, 7) is 0.191. The molecule has 0 unspecified atom stereocenters. The number of amides is 1. The van der Waals surface area contributed by atoms with Gasteiger partial charge < -0.3 is 4.74 Å². The van der Waals surface area contributed by atoms with Gasteiger partial charge in [-0.05, 0) is 23.3 Å². The van der Waals surface area contributed by atoms with Crippen LogP contribution in [0.15, 0.2) is 48.5 Å². The van der Waals surface area contributed by atoms with Gasteiger partial charge in [-0.25, -0.2) is 4.79 Å². The molecule has 0 atom stereocenters. The standard InChI is InChI=1S/C16H13ClN2O2/c17-14-10-12(8-9-18)6-7-15(14)19-16(20)21-11-13-4-2-1-3-5-13/h1-7,10H,8,11H2,(H,19,20). The van der Waals surface area contributed by atoms with E-state index in [-0.39, 0.29) is 13.0 Å². The summed E-state index contributed by atoms with van der Waals surface area (Å²) in [6.07, 6.45) is -0.299. The topological polar surface area (TPSA) is 62.1 Å². The average molecular weight is 301 g/mol. The molecule has 2 aromatic carbocycles. The normalized spacial score (nSPS) is 9.71. The molecular weight excluding hydrogens is 288 g/mol. The van der Waals surface area contributed by atoms with Gasteiger partial charge in [0.05, 0.1) is 23.2 Å². The summed E-state index contributed by atoms with van der Waals surface area (Å²) in [7, 11) is 0. The summed E-state index contributed by atoms with van der Waals surface area (Å²) in [5.41, 5.74) is 2.16. The third-order valence-electron chi connectivity index (χ3n) is 2.77. The molecule has 2 rings (SSSR count). The number of rotatable bonds is 4. The van der Waals surface area contributed by atoms with Crippen LogP contribution in [0.5, 0.6) is 0 Å².